The number of halogens is 1. The number of hydrogen-bond acceptors (Lipinski definition) is 5. The number of sulfonamides is 1. The average Bonchev–Trinajstić information content (AvgIpc) is 2.89. The first kappa shape index (κ1) is 12.4. The molecule has 0 bridgehead atoms. The summed E-state index contributed by atoms with van der Waals surface area (Å²) < 4.78 is 33.1. The molecule has 0 saturated carbocycles. The molecule has 0 N–H and O–H groups in total. The van der Waals surface area contributed by atoms with E-state index in [1.807, 2.05) is 0 Å². The van der Waals surface area contributed by atoms with Gasteiger partial charge in [-0.2, -0.15) is 4.31 Å². The molecule has 2 aromatic heterocycles. The zero-order valence-electron chi connectivity index (χ0n) is 9.24. The first-order chi connectivity index (χ1) is 8.60. The number of imidazole rings is 1. The number of thiazole rings is 1. The maximum absolute atomic E-state index is 12.5. The molecule has 0 atom stereocenters. The van der Waals surface area contributed by atoms with Crippen LogP contribution < -0.4 is 0 Å². The molecule has 0 radical (unpaired) electrons. The number of morpholine rings is 1. The third-order valence-corrected chi connectivity index (χ3v) is 5.79. The first-order valence-electron chi connectivity index (χ1n) is 5.29. The van der Waals surface area contributed by atoms with Crippen molar-refractivity contribution in [2.45, 2.75) is 5.03 Å². The van der Waals surface area contributed by atoms with Crippen LogP contribution in [0.2, 0.25) is 5.15 Å². The highest BCUT2D eigenvalue weighted by Crippen LogP contribution is 2.28. The lowest BCUT2D eigenvalue weighted by Gasteiger charge is -2.25. The lowest BCUT2D eigenvalue weighted by Crippen LogP contribution is -2.41. The second-order valence-electron chi connectivity index (χ2n) is 3.78. The van der Waals surface area contributed by atoms with Gasteiger partial charge in [0.1, 0.15) is 0 Å². The number of rotatable bonds is 2. The molecule has 9 heteroatoms. The Bertz CT molecular complexity index is 672. The van der Waals surface area contributed by atoms with Crippen LogP contribution >= 0.6 is 22.9 Å². The summed E-state index contributed by atoms with van der Waals surface area (Å²) in [5.41, 5.74) is 0. The SMILES string of the molecule is O=S(=O)(c1c(Cl)nc2sccn12)N1CCOCC1. The molecule has 3 rings (SSSR count). The van der Waals surface area contributed by atoms with Gasteiger partial charge in [-0.3, -0.25) is 4.40 Å². The van der Waals surface area contributed by atoms with Crippen molar-refractivity contribution in [1.82, 2.24) is 13.7 Å². The largest absolute Gasteiger partial charge is 0.379 e. The lowest BCUT2D eigenvalue weighted by molar-refractivity contribution is 0.0729. The van der Waals surface area contributed by atoms with E-state index in [9.17, 15) is 8.42 Å². The van der Waals surface area contributed by atoms with E-state index < -0.39 is 10.0 Å². The Morgan fingerprint density at radius 3 is 2.83 bits per heavy atom. The molecule has 1 saturated heterocycles. The van der Waals surface area contributed by atoms with Crippen LogP contribution in [-0.2, 0) is 14.8 Å². The predicted molar refractivity (Wildman–Crippen MR) is 67.7 cm³/mol. The highest BCUT2D eigenvalue weighted by molar-refractivity contribution is 7.89. The number of ether oxygens (including phenoxy) is 1. The molecule has 3 heterocycles. The Labute approximate surface area is 113 Å². The van der Waals surface area contributed by atoms with Gasteiger partial charge in [-0.05, 0) is 0 Å². The van der Waals surface area contributed by atoms with Gasteiger partial charge in [-0.25, -0.2) is 13.4 Å². The zero-order chi connectivity index (χ0) is 12.8. The highest BCUT2D eigenvalue weighted by Gasteiger charge is 2.32. The maximum Gasteiger partial charge on any atom is 0.262 e. The standard InChI is InChI=1S/C9H10ClN3O3S2/c10-7-8(13-3-6-17-9(13)11-7)18(14,15)12-1-4-16-5-2-12/h3,6H,1-2,4-5H2. The van der Waals surface area contributed by atoms with Gasteiger partial charge in [0.05, 0.1) is 13.2 Å². The van der Waals surface area contributed by atoms with E-state index >= 15 is 0 Å². The Kier molecular flexibility index (Phi) is 3.07. The normalized spacial score (nSPS) is 18.5. The third-order valence-electron chi connectivity index (χ3n) is 2.73. The van der Waals surface area contributed by atoms with Crippen molar-refractivity contribution in [2.24, 2.45) is 0 Å². The van der Waals surface area contributed by atoms with Crippen LogP contribution in [0.15, 0.2) is 16.6 Å². The van der Waals surface area contributed by atoms with Gasteiger partial charge in [0.25, 0.3) is 10.0 Å². The van der Waals surface area contributed by atoms with Crippen LogP contribution in [0.1, 0.15) is 0 Å². The summed E-state index contributed by atoms with van der Waals surface area (Å²) in [6.45, 7) is 1.50. The van der Waals surface area contributed by atoms with Gasteiger partial charge in [-0.1, -0.05) is 11.6 Å². The minimum Gasteiger partial charge on any atom is -0.379 e. The molecular formula is C9H10ClN3O3S2. The summed E-state index contributed by atoms with van der Waals surface area (Å²) in [4.78, 5) is 4.62. The summed E-state index contributed by atoms with van der Waals surface area (Å²) in [7, 11) is -3.62. The number of fused-ring (bicyclic) bond motifs is 1. The summed E-state index contributed by atoms with van der Waals surface area (Å²) in [6.07, 6.45) is 1.66. The third kappa shape index (κ3) is 1.84. The monoisotopic (exact) mass is 307 g/mol. The molecule has 1 aliphatic heterocycles. The van der Waals surface area contributed by atoms with Crippen molar-refractivity contribution in [2.75, 3.05) is 26.3 Å². The fraction of sp³-hybridized carbons (Fsp3) is 0.444. The van der Waals surface area contributed by atoms with E-state index in [1.165, 1.54) is 20.0 Å². The van der Waals surface area contributed by atoms with Crippen LogP contribution in [0.25, 0.3) is 4.96 Å². The maximum atomic E-state index is 12.5. The van der Waals surface area contributed by atoms with Crippen molar-refractivity contribution in [1.29, 1.82) is 0 Å². The number of nitrogens with zero attached hydrogens (tertiary/aromatic N) is 3. The quantitative estimate of drug-likeness (QED) is 0.832. The van der Waals surface area contributed by atoms with E-state index in [2.05, 4.69) is 4.98 Å². The minimum absolute atomic E-state index is 0.0216. The van der Waals surface area contributed by atoms with Crippen LogP contribution in [0.5, 0.6) is 0 Å². The molecule has 0 unspecified atom stereocenters. The zero-order valence-corrected chi connectivity index (χ0v) is 11.6. The average molecular weight is 308 g/mol. The fourth-order valence-corrected chi connectivity index (χ4v) is 4.69. The first-order valence-corrected chi connectivity index (χ1v) is 7.99. The van der Waals surface area contributed by atoms with Crippen molar-refractivity contribution in [3.63, 3.8) is 0 Å². The van der Waals surface area contributed by atoms with E-state index in [4.69, 9.17) is 16.3 Å². The Balaban J connectivity index is 2.12. The second-order valence-corrected chi connectivity index (χ2v) is 6.86. The van der Waals surface area contributed by atoms with E-state index in [0.29, 0.717) is 31.3 Å². The van der Waals surface area contributed by atoms with Crippen molar-refractivity contribution >= 4 is 37.9 Å². The summed E-state index contributed by atoms with van der Waals surface area (Å²) in [5, 5.41) is 1.84. The minimum atomic E-state index is -3.62. The fourth-order valence-electron chi connectivity index (χ4n) is 1.88. The molecule has 2 aromatic rings. The Morgan fingerprint density at radius 2 is 2.11 bits per heavy atom. The van der Waals surface area contributed by atoms with Gasteiger partial charge in [-0.15, -0.1) is 11.3 Å². The smallest absolute Gasteiger partial charge is 0.262 e. The van der Waals surface area contributed by atoms with Crippen molar-refractivity contribution < 1.29 is 13.2 Å². The molecule has 0 spiro atoms. The van der Waals surface area contributed by atoms with Gasteiger partial charge >= 0.3 is 0 Å². The molecule has 18 heavy (non-hydrogen) atoms. The molecule has 0 aromatic carbocycles. The van der Waals surface area contributed by atoms with Crippen LogP contribution in [0.3, 0.4) is 0 Å². The van der Waals surface area contributed by atoms with E-state index in [0.717, 1.165) is 0 Å². The van der Waals surface area contributed by atoms with Gasteiger partial charge in [0.2, 0.25) is 0 Å². The van der Waals surface area contributed by atoms with Crippen molar-refractivity contribution in [3.8, 4) is 0 Å². The predicted octanol–water partition coefficient (Wildman–Crippen LogP) is 1.07. The highest BCUT2D eigenvalue weighted by atomic mass is 35.5. The van der Waals surface area contributed by atoms with E-state index in [1.54, 1.807) is 11.6 Å². The molecule has 98 valence electrons. The molecule has 0 aliphatic carbocycles. The van der Waals surface area contributed by atoms with E-state index in [-0.39, 0.29) is 10.2 Å². The van der Waals surface area contributed by atoms with Crippen LogP contribution in [-0.4, -0.2) is 48.4 Å². The molecule has 0 amide bonds. The van der Waals surface area contributed by atoms with Gasteiger partial charge in [0, 0.05) is 24.7 Å². The molecule has 1 aliphatic rings. The van der Waals surface area contributed by atoms with Crippen LogP contribution in [0.4, 0.5) is 0 Å². The molecular weight excluding hydrogens is 298 g/mol. The van der Waals surface area contributed by atoms with Gasteiger partial charge < -0.3 is 4.74 Å². The summed E-state index contributed by atoms with van der Waals surface area (Å²) in [5.74, 6) is 0. The lowest BCUT2D eigenvalue weighted by atomic mass is 10.5. The Hall–Kier alpha value is -0.670. The Morgan fingerprint density at radius 1 is 1.39 bits per heavy atom. The second kappa shape index (κ2) is 4.46. The van der Waals surface area contributed by atoms with Gasteiger partial charge in [0.15, 0.2) is 15.1 Å². The number of hydrogen-bond donors (Lipinski definition) is 0. The topological polar surface area (TPSA) is 63.9 Å². The summed E-state index contributed by atoms with van der Waals surface area (Å²) >= 11 is 7.30. The molecule has 6 nitrogen and oxygen atoms in total. The number of aromatic nitrogens is 2. The van der Waals surface area contributed by atoms with Crippen LogP contribution in [0, 0.1) is 0 Å². The summed E-state index contributed by atoms with van der Waals surface area (Å²) in [6, 6.07) is 0. The van der Waals surface area contributed by atoms with Crippen molar-refractivity contribution in [3.05, 3.63) is 16.7 Å². The molecule has 1 fully saturated rings.